The van der Waals surface area contributed by atoms with E-state index in [0.29, 0.717) is 41.5 Å². The molecule has 0 unspecified atom stereocenters. The fraction of sp³-hybridized carbons (Fsp3) is 0.154. The highest BCUT2D eigenvalue weighted by atomic mass is 19.1. The van der Waals surface area contributed by atoms with E-state index in [2.05, 4.69) is 10.4 Å². The lowest BCUT2D eigenvalue weighted by atomic mass is 10.2. The van der Waals surface area contributed by atoms with E-state index in [4.69, 9.17) is 14.2 Å². The first-order valence-electron chi connectivity index (χ1n) is 10.9. The number of aromatic nitrogens is 2. The second kappa shape index (κ2) is 9.84. The van der Waals surface area contributed by atoms with Crippen molar-refractivity contribution in [3.05, 3.63) is 101 Å². The Morgan fingerprint density at radius 1 is 0.943 bits per heavy atom. The van der Waals surface area contributed by atoms with E-state index in [1.54, 1.807) is 42.5 Å². The molecule has 4 aromatic rings. The van der Waals surface area contributed by atoms with E-state index in [1.165, 1.54) is 35.1 Å². The molecule has 0 atom stereocenters. The van der Waals surface area contributed by atoms with Crippen LogP contribution in [0, 0.1) is 11.6 Å². The summed E-state index contributed by atoms with van der Waals surface area (Å²) in [4.78, 5) is 13.2. The smallest absolute Gasteiger partial charge is 0.262 e. The van der Waals surface area contributed by atoms with Gasteiger partial charge in [-0.15, -0.1) is 5.10 Å². The first-order valence-corrected chi connectivity index (χ1v) is 10.9. The number of nitrogens with zero attached hydrogens (tertiary/aromatic N) is 2. The maximum absolute atomic E-state index is 13.6. The number of ether oxygens (including phenoxy) is 3. The maximum Gasteiger partial charge on any atom is 0.262 e. The monoisotopic (exact) mass is 477 g/mol. The Bertz CT molecular complexity index is 1370. The molecule has 0 saturated heterocycles. The third kappa shape index (κ3) is 5.40. The minimum Gasteiger partial charge on any atom is -0.486 e. The van der Waals surface area contributed by atoms with Crippen LogP contribution in [-0.4, -0.2) is 28.9 Å². The van der Waals surface area contributed by atoms with Crippen molar-refractivity contribution >= 4 is 11.6 Å². The average molecular weight is 477 g/mol. The molecule has 1 aromatic heterocycles. The van der Waals surface area contributed by atoms with Crippen LogP contribution in [-0.2, 0) is 13.2 Å². The molecule has 5 rings (SSSR count). The molecule has 1 aliphatic heterocycles. The lowest BCUT2D eigenvalue weighted by Crippen LogP contribution is -2.16. The van der Waals surface area contributed by atoms with Crippen LogP contribution < -0.4 is 19.5 Å². The van der Waals surface area contributed by atoms with Crippen LogP contribution in [0.2, 0.25) is 0 Å². The molecule has 178 valence electrons. The van der Waals surface area contributed by atoms with Crippen molar-refractivity contribution in [2.45, 2.75) is 13.2 Å². The predicted molar refractivity (Wildman–Crippen MR) is 124 cm³/mol. The van der Waals surface area contributed by atoms with E-state index >= 15 is 0 Å². The van der Waals surface area contributed by atoms with Crippen LogP contribution in [0.5, 0.6) is 17.4 Å². The van der Waals surface area contributed by atoms with Crippen molar-refractivity contribution in [3.63, 3.8) is 0 Å². The zero-order chi connectivity index (χ0) is 24.2. The van der Waals surface area contributed by atoms with E-state index in [-0.39, 0.29) is 36.2 Å². The van der Waals surface area contributed by atoms with E-state index in [9.17, 15) is 13.6 Å². The van der Waals surface area contributed by atoms with Crippen LogP contribution in [0.3, 0.4) is 0 Å². The average Bonchev–Trinajstić information content (AvgIpc) is 3.25. The number of amides is 1. The van der Waals surface area contributed by atoms with Crippen molar-refractivity contribution in [2.24, 2.45) is 0 Å². The molecule has 1 amide bonds. The van der Waals surface area contributed by atoms with Crippen LogP contribution in [0.4, 0.5) is 14.5 Å². The van der Waals surface area contributed by atoms with E-state index in [0.717, 1.165) is 0 Å². The summed E-state index contributed by atoms with van der Waals surface area (Å²) in [5.41, 5.74) is 1.94. The topological polar surface area (TPSA) is 74.6 Å². The Morgan fingerprint density at radius 3 is 2.43 bits per heavy atom. The highest BCUT2D eigenvalue weighted by Gasteiger charge is 2.20. The molecule has 0 spiro atoms. The molecule has 0 aliphatic carbocycles. The first-order chi connectivity index (χ1) is 17.0. The van der Waals surface area contributed by atoms with Crippen molar-refractivity contribution in [3.8, 4) is 17.4 Å². The second-order valence-electron chi connectivity index (χ2n) is 7.91. The molecule has 35 heavy (non-hydrogen) atoms. The number of hydrogen-bond acceptors (Lipinski definition) is 5. The van der Waals surface area contributed by atoms with Gasteiger partial charge >= 0.3 is 0 Å². The highest BCUT2D eigenvalue weighted by Crippen LogP contribution is 2.33. The molecule has 7 nitrogen and oxygen atoms in total. The Hall–Kier alpha value is -4.40. The predicted octanol–water partition coefficient (Wildman–Crippen LogP) is 4.81. The lowest BCUT2D eigenvalue weighted by molar-refractivity contribution is 0.102. The van der Waals surface area contributed by atoms with Crippen molar-refractivity contribution < 1.29 is 27.8 Å². The van der Waals surface area contributed by atoms with Gasteiger partial charge in [-0.3, -0.25) is 9.48 Å². The maximum atomic E-state index is 13.6. The van der Waals surface area contributed by atoms with Crippen molar-refractivity contribution in [1.29, 1.82) is 0 Å². The molecule has 2 heterocycles. The molecular formula is C26H21F2N3O4. The molecule has 0 saturated carbocycles. The summed E-state index contributed by atoms with van der Waals surface area (Å²) in [6.07, 6.45) is 1.53. The minimum atomic E-state index is -0.457. The fourth-order valence-corrected chi connectivity index (χ4v) is 3.67. The van der Waals surface area contributed by atoms with Gasteiger partial charge in [-0.25, -0.2) is 8.78 Å². The number of anilines is 1. The number of carbonyl (C=O) groups excluding carboxylic acids is 1. The second-order valence-corrected chi connectivity index (χ2v) is 7.91. The van der Waals surface area contributed by atoms with Gasteiger partial charge in [-0.2, -0.15) is 0 Å². The van der Waals surface area contributed by atoms with Crippen LogP contribution in [0.25, 0.3) is 0 Å². The Kier molecular flexibility index (Phi) is 6.30. The summed E-state index contributed by atoms with van der Waals surface area (Å²) in [6.45, 7) is 1.13. The van der Waals surface area contributed by atoms with Gasteiger partial charge in [-0.05, 0) is 47.5 Å². The molecule has 1 N–H and O–H groups in total. The molecule has 9 heteroatoms. The number of rotatable bonds is 7. The van der Waals surface area contributed by atoms with Gasteiger partial charge in [0.05, 0.1) is 6.54 Å². The zero-order valence-electron chi connectivity index (χ0n) is 18.5. The summed E-state index contributed by atoms with van der Waals surface area (Å²) in [5, 5.41) is 7.19. The largest absolute Gasteiger partial charge is 0.486 e. The number of carbonyl (C=O) groups is 1. The van der Waals surface area contributed by atoms with Crippen molar-refractivity contribution in [2.75, 3.05) is 18.5 Å². The quantitative estimate of drug-likeness (QED) is 0.414. The fourth-order valence-electron chi connectivity index (χ4n) is 3.67. The standard InChI is InChI=1S/C26H21F2N3O4/c27-19-5-1-3-17(11-19)14-31-15-22(26(30-31)35-16-18-4-2-6-20(28)12-18)25(32)29-21-7-8-23-24(13-21)34-10-9-33-23/h1-8,11-13,15H,9-10,14,16H2,(H,29,32). The van der Waals surface area contributed by atoms with E-state index in [1.807, 2.05) is 0 Å². The van der Waals surface area contributed by atoms with Crippen LogP contribution >= 0.6 is 0 Å². The Morgan fingerprint density at radius 2 is 1.66 bits per heavy atom. The third-order valence-corrected chi connectivity index (χ3v) is 5.27. The molecule has 3 aromatic carbocycles. The molecule has 0 radical (unpaired) electrons. The van der Waals surface area contributed by atoms with Crippen LogP contribution in [0.15, 0.2) is 72.9 Å². The summed E-state index contributed by atoms with van der Waals surface area (Å²) in [6, 6.07) is 17.2. The van der Waals surface area contributed by atoms with Crippen molar-refractivity contribution in [1.82, 2.24) is 9.78 Å². The molecule has 1 aliphatic rings. The summed E-state index contributed by atoms with van der Waals surface area (Å²) >= 11 is 0. The number of fused-ring (bicyclic) bond motifs is 1. The van der Waals surface area contributed by atoms with Gasteiger partial charge in [0.25, 0.3) is 5.91 Å². The normalized spacial score (nSPS) is 12.3. The highest BCUT2D eigenvalue weighted by molar-refractivity contribution is 6.05. The molecule has 0 fully saturated rings. The summed E-state index contributed by atoms with van der Waals surface area (Å²) in [7, 11) is 0. The van der Waals surface area contributed by atoms with Gasteiger partial charge in [0, 0.05) is 18.0 Å². The number of nitrogens with one attached hydrogen (secondary N) is 1. The Labute approximate surface area is 199 Å². The van der Waals surface area contributed by atoms with E-state index < -0.39 is 5.91 Å². The molecule has 0 bridgehead atoms. The molecular weight excluding hydrogens is 456 g/mol. The Balaban J connectivity index is 1.39. The van der Waals surface area contributed by atoms with Crippen LogP contribution in [0.1, 0.15) is 21.5 Å². The zero-order valence-corrected chi connectivity index (χ0v) is 18.5. The van der Waals surface area contributed by atoms with Gasteiger partial charge in [-0.1, -0.05) is 24.3 Å². The number of halogens is 2. The summed E-state index contributed by atoms with van der Waals surface area (Å²) in [5.74, 6) is 0.00458. The summed E-state index contributed by atoms with van der Waals surface area (Å²) < 4.78 is 45.5. The lowest BCUT2D eigenvalue weighted by Gasteiger charge is -2.19. The van der Waals surface area contributed by atoms with Gasteiger partial charge in [0.1, 0.15) is 37.0 Å². The van der Waals surface area contributed by atoms with Gasteiger partial charge < -0.3 is 19.5 Å². The SMILES string of the molecule is O=C(Nc1ccc2c(c1)OCCO2)c1cn(Cc2cccc(F)c2)nc1OCc1cccc(F)c1. The number of hydrogen-bond donors (Lipinski definition) is 1. The van der Waals surface area contributed by atoms with Gasteiger partial charge in [0.15, 0.2) is 11.5 Å². The third-order valence-electron chi connectivity index (χ3n) is 5.27. The van der Waals surface area contributed by atoms with Gasteiger partial charge in [0.2, 0.25) is 5.88 Å². The number of benzene rings is 3. The minimum absolute atomic E-state index is 0.0129. The first kappa shape index (κ1) is 22.4.